The molecule has 0 radical (unpaired) electrons. The van der Waals surface area contributed by atoms with Gasteiger partial charge in [0.05, 0.1) is 21.7 Å². The number of benzene rings is 2. The number of hydrogen-bond acceptors (Lipinski definition) is 6. The zero-order valence-electron chi connectivity index (χ0n) is 16.1. The fraction of sp³-hybridized carbons (Fsp3) is 0.238. The van der Waals surface area contributed by atoms with E-state index in [-0.39, 0.29) is 17.3 Å². The zero-order valence-corrected chi connectivity index (χ0v) is 17.7. The van der Waals surface area contributed by atoms with Crippen molar-refractivity contribution in [1.29, 1.82) is 0 Å². The van der Waals surface area contributed by atoms with Crippen molar-refractivity contribution in [2.45, 2.75) is 17.7 Å². The maximum Gasteiger partial charge on any atom is 0.255 e. The molecule has 1 amide bonds. The second kappa shape index (κ2) is 8.44. The third-order valence-electron chi connectivity index (χ3n) is 4.80. The summed E-state index contributed by atoms with van der Waals surface area (Å²) >= 11 is 1.62. The van der Waals surface area contributed by atoms with Crippen molar-refractivity contribution >= 4 is 48.3 Å². The van der Waals surface area contributed by atoms with E-state index in [1.54, 1.807) is 11.3 Å². The Kier molecular flexibility index (Phi) is 5.72. The summed E-state index contributed by atoms with van der Waals surface area (Å²) in [7, 11) is -3.69. The van der Waals surface area contributed by atoms with Crippen LogP contribution in [0.3, 0.4) is 0 Å². The molecule has 1 saturated heterocycles. The van der Waals surface area contributed by atoms with Crippen LogP contribution in [0.25, 0.3) is 10.2 Å². The molecule has 0 bridgehead atoms. The second-order valence-electron chi connectivity index (χ2n) is 6.88. The van der Waals surface area contributed by atoms with Crippen molar-refractivity contribution in [3.8, 4) is 12.3 Å². The van der Waals surface area contributed by atoms with Crippen LogP contribution in [0.2, 0.25) is 0 Å². The van der Waals surface area contributed by atoms with E-state index in [1.165, 1.54) is 37.1 Å². The topological polar surface area (TPSA) is 91.4 Å². The highest BCUT2D eigenvalue weighted by Crippen LogP contribution is 2.32. The average Bonchev–Trinajstić information content (AvgIpc) is 3.41. The molecule has 1 fully saturated rings. The Morgan fingerprint density at radius 1 is 1.17 bits per heavy atom. The minimum absolute atomic E-state index is 0.0508. The summed E-state index contributed by atoms with van der Waals surface area (Å²) in [5, 5.41) is 3.87. The molecule has 3 aromatic rings. The van der Waals surface area contributed by atoms with Gasteiger partial charge in [-0.2, -0.15) is 4.72 Å². The Bertz CT molecular complexity index is 1220. The Balaban J connectivity index is 1.48. The van der Waals surface area contributed by atoms with Crippen molar-refractivity contribution in [3.05, 3.63) is 48.0 Å². The van der Waals surface area contributed by atoms with Crippen molar-refractivity contribution < 1.29 is 13.2 Å². The van der Waals surface area contributed by atoms with Gasteiger partial charge in [-0.05, 0) is 55.3 Å². The number of sulfonamides is 1. The standard InChI is InChI=1S/C21H20N4O3S2/c1-2-11-22-30(27,28)17-8-5-15(6-9-17)20(26)23-16-7-10-18-19(14-16)29-21(24-18)25-12-3-4-13-25/h1,5-10,14,22H,3-4,11-13H2,(H,23,26). The van der Waals surface area contributed by atoms with Crippen LogP contribution >= 0.6 is 11.3 Å². The summed E-state index contributed by atoms with van der Waals surface area (Å²) in [5.41, 5.74) is 1.93. The Morgan fingerprint density at radius 2 is 1.90 bits per heavy atom. The van der Waals surface area contributed by atoms with E-state index in [9.17, 15) is 13.2 Å². The Labute approximate surface area is 179 Å². The number of rotatable bonds is 6. The van der Waals surface area contributed by atoms with Crippen LogP contribution in [0.15, 0.2) is 47.4 Å². The van der Waals surface area contributed by atoms with E-state index in [0.717, 1.165) is 28.4 Å². The van der Waals surface area contributed by atoms with E-state index < -0.39 is 10.0 Å². The molecule has 1 aromatic heterocycles. The van der Waals surface area contributed by atoms with Crippen molar-refractivity contribution in [1.82, 2.24) is 9.71 Å². The largest absolute Gasteiger partial charge is 0.348 e. The number of nitrogens with zero attached hydrogens (tertiary/aromatic N) is 2. The quantitative estimate of drug-likeness (QED) is 0.575. The van der Waals surface area contributed by atoms with Gasteiger partial charge in [0.2, 0.25) is 10.0 Å². The van der Waals surface area contributed by atoms with Gasteiger partial charge in [-0.15, -0.1) is 6.42 Å². The van der Waals surface area contributed by atoms with Crippen LogP contribution in [-0.2, 0) is 10.0 Å². The van der Waals surface area contributed by atoms with Gasteiger partial charge in [0, 0.05) is 24.3 Å². The molecule has 0 spiro atoms. The lowest BCUT2D eigenvalue weighted by molar-refractivity contribution is 0.102. The van der Waals surface area contributed by atoms with Gasteiger partial charge in [-0.25, -0.2) is 13.4 Å². The summed E-state index contributed by atoms with van der Waals surface area (Å²) in [5.74, 6) is 1.90. The molecular weight excluding hydrogens is 420 g/mol. The molecule has 30 heavy (non-hydrogen) atoms. The smallest absolute Gasteiger partial charge is 0.255 e. The van der Waals surface area contributed by atoms with Gasteiger partial charge < -0.3 is 10.2 Å². The van der Waals surface area contributed by atoms with Crippen LogP contribution in [-0.4, -0.2) is 38.9 Å². The Morgan fingerprint density at radius 3 is 2.60 bits per heavy atom. The van der Waals surface area contributed by atoms with Crippen LogP contribution < -0.4 is 14.9 Å². The Hall–Kier alpha value is -2.93. The number of carbonyl (C=O) groups is 1. The molecule has 1 aliphatic heterocycles. The first-order valence-electron chi connectivity index (χ1n) is 9.46. The number of nitrogens with one attached hydrogen (secondary N) is 2. The van der Waals surface area contributed by atoms with Crippen molar-refractivity contribution in [2.75, 3.05) is 29.9 Å². The van der Waals surface area contributed by atoms with Crippen molar-refractivity contribution in [2.24, 2.45) is 0 Å². The highest BCUT2D eigenvalue weighted by molar-refractivity contribution is 7.89. The fourth-order valence-corrected chi connectivity index (χ4v) is 5.23. The van der Waals surface area contributed by atoms with Crippen LogP contribution in [0, 0.1) is 12.3 Å². The number of anilines is 2. The van der Waals surface area contributed by atoms with Crippen LogP contribution in [0.4, 0.5) is 10.8 Å². The molecular formula is C21H20N4O3S2. The number of thiazole rings is 1. The van der Waals surface area contributed by atoms with Crippen LogP contribution in [0.1, 0.15) is 23.2 Å². The molecule has 9 heteroatoms. The summed E-state index contributed by atoms with van der Waals surface area (Å²) in [4.78, 5) is 19.6. The third kappa shape index (κ3) is 4.31. The van der Waals surface area contributed by atoms with Gasteiger partial charge >= 0.3 is 0 Å². The molecule has 2 N–H and O–H groups in total. The predicted octanol–water partition coefficient (Wildman–Crippen LogP) is 3.06. The van der Waals surface area contributed by atoms with Gasteiger partial charge in [-0.1, -0.05) is 17.3 Å². The third-order valence-corrected chi connectivity index (χ3v) is 7.30. The van der Waals surface area contributed by atoms with Gasteiger partial charge in [0.15, 0.2) is 5.13 Å². The number of hydrogen-bond donors (Lipinski definition) is 2. The highest BCUT2D eigenvalue weighted by Gasteiger charge is 2.17. The van der Waals surface area contributed by atoms with Gasteiger partial charge in [0.1, 0.15) is 0 Å². The highest BCUT2D eigenvalue weighted by atomic mass is 32.2. The monoisotopic (exact) mass is 440 g/mol. The van der Waals surface area contributed by atoms with Gasteiger partial charge in [-0.3, -0.25) is 4.79 Å². The zero-order chi connectivity index (χ0) is 21.1. The molecule has 0 atom stereocenters. The first-order valence-corrected chi connectivity index (χ1v) is 11.8. The van der Waals surface area contributed by atoms with E-state index in [1.807, 2.05) is 18.2 Å². The molecule has 2 aromatic carbocycles. The molecule has 7 nitrogen and oxygen atoms in total. The van der Waals surface area contributed by atoms with E-state index in [2.05, 4.69) is 25.8 Å². The molecule has 4 rings (SSSR count). The number of fused-ring (bicyclic) bond motifs is 1. The summed E-state index contributed by atoms with van der Waals surface area (Å²) in [6.45, 7) is 1.98. The molecule has 0 saturated carbocycles. The van der Waals surface area contributed by atoms with E-state index >= 15 is 0 Å². The SMILES string of the molecule is C#CCNS(=O)(=O)c1ccc(C(=O)Nc2ccc3nc(N4CCCC4)sc3c2)cc1. The maximum atomic E-state index is 12.6. The lowest BCUT2D eigenvalue weighted by Crippen LogP contribution is -2.24. The van der Waals surface area contributed by atoms with Crippen molar-refractivity contribution in [3.63, 3.8) is 0 Å². The minimum Gasteiger partial charge on any atom is -0.348 e. The predicted molar refractivity (Wildman–Crippen MR) is 119 cm³/mol. The van der Waals surface area contributed by atoms with E-state index in [4.69, 9.17) is 6.42 Å². The maximum absolute atomic E-state index is 12.6. The van der Waals surface area contributed by atoms with E-state index in [0.29, 0.717) is 11.3 Å². The van der Waals surface area contributed by atoms with Crippen LogP contribution in [0.5, 0.6) is 0 Å². The lowest BCUT2D eigenvalue weighted by atomic mass is 10.2. The molecule has 154 valence electrons. The summed E-state index contributed by atoms with van der Waals surface area (Å²) in [6, 6.07) is 11.3. The first kappa shape index (κ1) is 20.3. The number of amides is 1. The summed E-state index contributed by atoms with van der Waals surface area (Å²) in [6.07, 6.45) is 7.47. The fourth-order valence-electron chi connectivity index (χ4n) is 3.24. The first-order chi connectivity index (χ1) is 14.5. The molecule has 0 unspecified atom stereocenters. The average molecular weight is 441 g/mol. The number of carbonyl (C=O) groups excluding carboxylic acids is 1. The second-order valence-corrected chi connectivity index (χ2v) is 9.66. The van der Waals surface area contributed by atoms with Gasteiger partial charge in [0.25, 0.3) is 5.91 Å². The minimum atomic E-state index is -3.69. The number of aromatic nitrogens is 1. The lowest BCUT2D eigenvalue weighted by Gasteiger charge is -2.11. The molecule has 0 aliphatic carbocycles. The number of terminal acetylenes is 1. The molecule has 1 aliphatic rings. The summed E-state index contributed by atoms with van der Waals surface area (Å²) < 4.78 is 27.4. The molecule has 2 heterocycles. The normalized spacial score (nSPS) is 14.0.